The van der Waals surface area contributed by atoms with Crippen LogP contribution in [0.4, 0.5) is 0 Å². The second-order valence-electron chi connectivity index (χ2n) is 3.49. The van der Waals surface area contributed by atoms with Crippen molar-refractivity contribution in [2.75, 3.05) is 0 Å². The molecule has 0 aromatic carbocycles. The molecule has 12 heavy (non-hydrogen) atoms. The van der Waals surface area contributed by atoms with E-state index in [9.17, 15) is 4.79 Å². The van der Waals surface area contributed by atoms with Gasteiger partial charge in [0.15, 0.2) is 0 Å². The Morgan fingerprint density at radius 1 is 1.50 bits per heavy atom. The Balaban J connectivity index is 2.28. The summed E-state index contributed by atoms with van der Waals surface area (Å²) < 4.78 is 0. The summed E-state index contributed by atoms with van der Waals surface area (Å²) in [6.07, 6.45) is 7.44. The number of allylic oxidation sites excluding steroid dienone is 3. The minimum Gasteiger partial charge on any atom is -0.329 e. The van der Waals surface area contributed by atoms with E-state index in [2.05, 4.69) is 11.4 Å². The second-order valence-corrected chi connectivity index (χ2v) is 3.49. The zero-order chi connectivity index (χ0) is 8.55. The van der Waals surface area contributed by atoms with Gasteiger partial charge in [0.1, 0.15) is 0 Å². The molecular formula is C10H13NO. The molecule has 0 saturated heterocycles. The third kappa shape index (κ3) is 1.17. The van der Waals surface area contributed by atoms with E-state index >= 15 is 0 Å². The summed E-state index contributed by atoms with van der Waals surface area (Å²) in [4.78, 5) is 11.4. The average Bonchev–Trinajstić information content (AvgIpc) is 2.43. The topological polar surface area (TPSA) is 29.1 Å². The number of carbonyl (C=O) groups is 1. The van der Waals surface area contributed by atoms with E-state index in [0.717, 1.165) is 18.5 Å². The van der Waals surface area contributed by atoms with Crippen molar-refractivity contribution in [3.8, 4) is 0 Å². The molecule has 0 aromatic rings. The summed E-state index contributed by atoms with van der Waals surface area (Å²) in [5, 5.41) is 2.97. The lowest BCUT2D eigenvalue weighted by Gasteiger charge is -2.06. The third-order valence-corrected chi connectivity index (χ3v) is 2.53. The zero-order valence-corrected chi connectivity index (χ0v) is 7.26. The number of nitrogens with one attached hydrogen (secondary N) is 1. The molecule has 0 unspecified atom stereocenters. The van der Waals surface area contributed by atoms with E-state index in [1.54, 1.807) is 0 Å². The highest BCUT2D eigenvalue weighted by Crippen LogP contribution is 2.27. The van der Waals surface area contributed by atoms with Crippen LogP contribution in [0.15, 0.2) is 23.4 Å². The highest BCUT2D eigenvalue weighted by Gasteiger charge is 2.20. The molecule has 2 rings (SSSR count). The van der Waals surface area contributed by atoms with Crippen molar-refractivity contribution in [3.05, 3.63) is 23.4 Å². The minimum absolute atomic E-state index is 0.0237. The second kappa shape index (κ2) is 2.77. The Hall–Kier alpha value is -1.05. The fourth-order valence-electron chi connectivity index (χ4n) is 1.70. The predicted molar refractivity (Wildman–Crippen MR) is 47.3 cm³/mol. The molecule has 1 atom stereocenters. The van der Waals surface area contributed by atoms with Gasteiger partial charge in [0.2, 0.25) is 5.91 Å². The molecule has 0 bridgehead atoms. The molecule has 1 heterocycles. The Kier molecular flexibility index (Phi) is 1.75. The summed E-state index contributed by atoms with van der Waals surface area (Å²) in [7, 11) is 0. The van der Waals surface area contributed by atoms with Crippen LogP contribution in [-0.2, 0) is 4.79 Å². The molecule has 1 N–H and O–H groups in total. The van der Waals surface area contributed by atoms with Crippen LogP contribution in [0.2, 0.25) is 0 Å². The largest absolute Gasteiger partial charge is 0.329 e. The molecule has 2 aliphatic rings. The molecule has 1 aliphatic carbocycles. The van der Waals surface area contributed by atoms with Gasteiger partial charge in [0, 0.05) is 5.70 Å². The third-order valence-electron chi connectivity index (χ3n) is 2.53. The van der Waals surface area contributed by atoms with Gasteiger partial charge in [-0.15, -0.1) is 0 Å². The average molecular weight is 163 g/mol. The first-order valence-corrected chi connectivity index (χ1v) is 4.48. The van der Waals surface area contributed by atoms with Gasteiger partial charge in [-0.3, -0.25) is 4.79 Å². The fraction of sp³-hybridized carbons (Fsp3) is 0.500. The maximum absolute atomic E-state index is 11.4. The van der Waals surface area contributed by atoms with Crippen LogP contribution in [0, 0.1) is 5.92 Å². The van der Waals surface area contributed by atoms with Crippen molar-refractivity contribution in [2.24, 2.45) is 5.92 Å². The van der Waals surface area contributed by atoms with Crippen LogP contribution in [-0.4, -0.2) is 5.91 Å². The molecule has 0 spiro atoms. The van der Waals surface area contributed by atoms with Gasteiger partial charge < -0.3 is 5.32 Å². The maximum atomic E-state index is 11.4. The van der Waals surface area contributed by atoms with E-state index in [-0.39, 0.29) is 11.8 Å². The molecule has 2 heteroatoms. The summed E-state index contributed by atoms with van der Waals surface area (Å²) in [6, 6.07) is 0. The van der Waals surface area contributed by atoms with Gasteiger partial charge in [0.05, 0.1) is 5.92 Å². The number of hydrogen-bond donors (Lipinski definition) is 1. The van der Waals surface area contributed by atoms with Gasteiger partial charge in [-0.2, -0.15) is 0 Å². The van der Waals surface area contributed by atoms with E-state index in [0.29, 0.717) is 0 Å². The first-order chi connectivity index (χ1) is 5.77. The Labute approximate surface area is 72.3 Å². The fourth-order valence-corrected chi connectivity index (χ4v) is 1.70. The van der Waals surface area contributed by atoms with E-state index in [4.69, 9.17) is 0 Å². The van der Waals surface area contributed by atoms with Gasteiger partial charge in [0.25, 0.3) is 0 Å². The van der Waals surface area contributed by atoms with Crippen molar-refractivity contribution in [1.82, 2.24) is 5.32 Å². The van der Waals surface area contributed by atoms with Crippen molar-refractivity contribution < 1.29 is 4.79 Å². The highest BCUT2D eigenvalue weighted by atomic mass is 16.1. The van der Waals surface area contributed by atoms with Crippen molar-refractivity contribution in [1.29, 1.82) is 0 Å². The molecule has 1 amide bonds. The molecule has 0 saturated carbocycles. The standard InChI is InChI=1S/C10H13NO/c1-7-5-6-8-3-2-4-9(8)11-10(7)12/h5-7H,2-4H2,1H3,(H,11,12)/t7-/m1/s1. The molecule has 0 radical (unpaired) electrons. The van der Waals surface area contributed by atoms with Crippen molar-refractivity contribution >= 4 is 5.91 Å². The quantitative estimate of drug-likeness (QED) is 0.579. The zero-order valence-electron chi connectivity index (χ0n) is 7.26. The molecular weight excluding hydrogens is 150 g/mol. The normalized spacial score (nSPS) is 28.4. The minimum atomic E-state index is 0.0237. The number of hydrogen-bond acceptors (Lipinski definition) is 1. The Morgan fingerprint density at radius 3 is 3.17 bits per heavy atom. The number of rotatable bonds is 0. The molecule has 64 valence electrons. The van der Waals surface area contributed by atoms with Gasteiger partial charge in [-0.05, 0) is 24.8 Å². The van der Waals surface area contributed by atoms with E-state index in [1.165, 1.54) is 12.0 Å². The number of carbonyl (C=O) groups excluding carboxylic acids is 1. The lowest BCUT2D eigenvalue weighted by atomic mass is 10.1. The number of amides is 1. The highest BCUT2D eigenvalue weighted by molar-refractivity contribution is 5.82. The first-order valence-electron chi connectivity index (χ1n) is 4.48. The Morgan fingerprint density at radius 2 is 2.33 bits per heavy atom. The van der Waals surface area contributed by atoms with Crippen LogP contribution >= 0.6 is 0 Å². The maximum Gasteiger partial charge on any atom is 0.230 e. The monoisotopic (exact) mass is 163 g/mol. The lowest BCUT2D eigenvalue weighted by Crippen LogP contribution is -2.26. The predicted octanol–water partition coefficient (Wildman–Crippen LogP) is 1.75. The van der Waals surface area contributed by atoms with Crippen LogP contribution in [0.5, 0.6) is 0 Å². The van der Waals surface area contributed by atoms with Crippen LogP contribution < -0.4 is 5.32 Å². The van der Waals surface area contributed by atoms with Gasteiger partial charge in [-0.25, -0.2) is 0 Å². The smallest absolute Gasteiger partial charge is 0.230 e. The summed E-state index contributed by atoms with van der Waals surface area (Å²) in [6.45, 7) is 1.92. The van der Waals surface area contributed by atoms with Crippen LogP contribution in [0.1, 0.15) is 26.2 Å². The SMILES string of the molecule is C[C@@H]1C=CC2=C(CCC2)NC1=O. The summed E-state index contributed by atoms with van der Waals surface area (Å²) in [5.74, 6) is 0.161. The van der Waals surface area contributed by atoms with E-state index < -0.39 is 0 Å². The van der Waals surface area contributed by atoms with E-state index in [1.807, 2.05) is 13.0 Å². The van der Waals surface area contributed by atoms with Crippen LogP contribution in [0.25, 0.3) is 0 Å². The van der Waals surface area contributed by atoms with Gasteiger partial charge >= 0.3 is 0 Å². The Bertz CT molecular complexity index is 276. The summed E-state index contributed by atoms with van der Waals surface area (Å²) >= 11 is 0. The molecule has 2 nitrogen and oxygen atoms in total. The molecule has 1 aliphatic heterocycles. The molecule has 0 fully saturated rings. The lowest BCUT2D eigenvalue weighted by molar-refractivity contribution is -0.122. The van der Waals surface area contributed by atoms with Gasteiger partial charge in [-0.1, -0.05) is 19.1 Å². The first kappa shape index (κ1) is 7.59. The van der Waals surface area contributed by atoms with Crippen molar-refractivity contribution in [2.45, 2.75) is 26.2 Å². The van der Waals surface area contributed by atoms with Crippen LogP contribution in [0.3, 0.4) is 0 Å². The van der Waals surface area contributed by atoms with Crippen molar-refractivity contribution in [3.63, 3.8) is 0 Å². The summed E-state index contributed by atoms with van der Waals surface area (Å²) in [5.41, 5.74) is 2.48. The molecule has 0 aromatic heterocycles.